The Kier molecular flexibility index (Phi) is 7.25. The number of hydrogen-bond acceptors (Lipinski definition) is 4. The van der Waals surface area contributed by atoms with Crippen LogP contribution in [0.1, 0.15) is 77.9 Å². The maximum Gasteiger partial charge on any atom is 0.257 e. The topological polar surface area (TPSA) is 78.5 Å². The number of aromatic nitrogens is 2. The number of rotatable bonds is 1. The van der Waals surface area contributed by atoms with Gasteiger partial charge in [-0.15, -0.1) is 0 Å². The summed E-state index contributed by atoms with van der Waals surface area (Å²) < 4.78 is 6.60. The van der Waals surface area contributed by atoms with Gasteiger partial charge in [-0.2, -0.15) is 0 Å². The van der Waals surface area contributed by atoms with E-state index in [9.17, 15) is 9.59 Å². The van der Waals surface area contributed by atoms with Gasteiger partial charge in [-0.25, -0.2) is 4.98 Å². The number of ether oxygens (including phenoxy) is 1. The first kappa shape index (κ1) is 24.3. The average molecular weight is 489 g/mol. The molecule has 0 unspecified atom stereocenters. The van der Waals surface area contributed by atoms with Crippen LogP contribution in [0.15, 0.2) is 42.5 Å². The van der Waals surface area contributed by atoms with Gasteiger partial charge in [0.1, 0.15) is 17.7 Å². The number of para-hydroxylation sites is 1. The van der Waals surface area contributed by atoms with E-state index in [1.807, 2.05) is 56.4 Å². The molecule has 0 spiro atoms. The number of nitrogens with zero attached hydrogens (tertiary/aromatic N) is 3. The lowest BCUT2D eigenvalue weighted by atomic mass is 9.90. The van der Waals surface area contributed by atoms with Crippen molar-refractivity contribution in [3.8, 4) is 5.75 Å². The minimum Gasteiger partial charge on any atom is -0.487 e. The number of aromatic amines is 1. The van der Waals surface area contributed by atoms with Crippen LogP contribution in [0, 0.1) is 6.92 Å². The summed E-state index contributed by atoms with van der Waals surface area (Å²) in [5.41, 5.74) is 3.02. The summed E-state index contributed by atoms with van der Waals surface area (Å²) >= 11 is 0. The molecule has 2 amide bonds. The molecule has 7 heteroatoms. The molecular weight excluding hydrogens is 452 g/mol. The van der Waals surface area contributed by atoms with Crippen molar-refractivity contribution in [3.63, 3.8) is 0 Å². The predicted molar refractivity (Wildman–Crippen MR) is 140 cm³/mol. The average Bonchev–Trinajstić information content (AvgIpc) is 3.27. The molecule has 1 aromatic heterocycles. The summed E-state index contributed by atoms with van der Waals surface area (Å²) in [6.45, 7) is 3.35. The van der Waals surface area contributed by atoms with Crippen molar-refractivity contribution >= 4 is 22.8 Å². The van der Waals surface area contributed by atoms with Crippen molar-refractivity contribution < 1.29 is 14.3 Å². The Hall–Kier alpha value is -3.35. The normalized spacial score (nSPS) is 21.9. The van der Waals surface area contributed by atoms with Gasteiger partial charge >= 0.3 is 0 Å². The van der Waals surface area contributed by atoms with Crippen molar-refractivity contribution in [2.75, 3.05) is 20.1 Å². The van der Waals surface area contributed by atoms with Gasteiger partial charge in [0.15, 0.2) is 0 Å². The van der Waals surface area contributed by atoms with Crippen LogP contribution in [0.4, 0.5) is 0 Å². The second-order valence-corrected chi connectivity index (χ2v) is 10.2. The highest BCUT2D eigenvalue weighted by Gasteiger charge is 2.35. The number of fused-ring (bicyclic) bond motifs is 3. The van der Waals surface area contributed by atoms with E-state index in [0.717, 1.165) is 68.2 Å². The summed E-state index contributed by atoms with van der Waals surface area (Å²) in [6, 6.07) is 13.2. The number of nitrogens with one attached hydrogen (secondary N) is 1. The Morgan fingerprint density at radius 1 is 1.00 bits per heavy atom. The molecule has 5 rings (SSSR count). The minimum atomic E-state index is -0.150. The van der Waals surface area contributed by atoms with E-state index in [1.54, 1.807) is 4.90 Å². The molecule has 1 aliphatic heterocycles. The lowest BCUT2D eigenvalue weighted by Gasteiger charge is -2.40. The Balaban J connectivity index is 1.48. The van der Waals surface area contributed by atoms with Gasteiger partial charge in [-0.05, 0) is 69.4 Å². The fraction of sp³-hybridized carbons (Fsp3) is 0.483. The highest BCUT2D eigenvalue weighted by atomic mass is 16.5. The van der Waals surface area contributed by atoms with E-state index in [-0.39, 0.29) is 24.0 Å². The first-order valence-corrected chi connectivity index (χ1v) is 13.3. The lowest BCUT2D eigenvalue weighted by molar-refractivity contribution is 0.0268. The molecule has 1 saturated carbocycles. The molecular formula is C29H36N4O3. The number of imidazole rings is 1. The molecule has 0 radical (unpaired) electrons. The molecule has 190 valence electrons. The molecule has 2 heterocycles. The van der Waals surface area contributed by atoms with Gasteiger partial charge in [-0.3, -0.25) is 9.59 Å². The summed E-state index contributed by atoms with van der Waals surface area (Å²) in [4.78, 5) is 38.8. The third-order valence-electron chi connectivity index (χ3n) is 7.56. The van der Waals surface area contributed by atoms with E-state index in [2.05, 4.69) is 14.9 Å². The van der Waals surface area contributed by atoms with Gasteiger partial charge in [0.25, 0.3) is 11.8 Å². The maximum absolute atomic E-state index is 14.0. The number of carbonyl (C=O) groups excluding carboxylic acids is 2. The van der Waals surface area contributed by atoms with Crippen LogP contribution in [0.5, 0.6) is 5.75 Å². The monoisotopic (exact) mass is 488 g/mol. The second kappa shape index (κ2) is 10.7. The van der Waals surface area contributed by atoms with Gasteiger partial charge in [-0.1, -0.05) is 31.4 Å². The Morgan fingerprint density at radius 2 is 1.78 bits per heavy atom. The lowest BCUT2D eigenvalue weighted by Crippen LogP contribution is -2.51. The van der Waals surface area contributed by atoms with Gasteiger partial charge in [0.2, 0.25) is 0 Å². The van der Waals surface area contributed by atoms with E-state index in [1.165, 1.54) is 0 Å². The number of H-pyrrole nitrogens is 1. The van der Waals surface area contributed by atoms with Crippen molar-refractivity contribution in [1.29, 1.82) is 0 Å². The summed E-state index contributed by atoms with van der Waals surface area (Å²) in [5.74, 6) is 1.49. The van der Waals surface area contributed by atoms with Crippen LogP contribution in [0.25, 0.3) is 11.0 Å². The second-order valence-electron chi connectivity index (χ2n) is 10.2. The van der Waals surface area contributed by atoms with Crippen LogP contribution in [0.3, 0.4) is 0 Å². The van der Waals surface area contributed by atoms with Crippen LogP contribution >= 0.6 is 0 Å². The standard InChI is InChI=1S/C29H36N4O3/c1-20-30-23-16-15-21(19-24(23)31-20)28(34)33-18-10-4-3-9-17-32(2)29(35)22-11-5-7-13-26(22)36-27-14-8-6-12-25(27)33/h5,7,11,13,15-16,19,25,27H,3-4,6,8-10,12,14,17-18H2,1-2H3,(H,30,31)/t25-,27+/m1/s1. The molecule has 0 saturated heterocycles. The fourth-order valence-electron chi connectivity index (χ4n) is 5.63. The van der Waals surface area contributed by atoms with Gasteiger partial charge < -0.3 is 19.5 Å². The third kappa shape index (κ3) is 5.11. The van der Waals surface area contributed by atoms with E-state index < -0.39 is 0 Å². The van der Waals surface area contributed by atoms with Crippen LogP contribution in [-0.4, -0.2) is 63.9 Å². The number of benzene rings is 2. The summed E-state index contributed by atoms with van der Waals surface area (Å²) in [5, 5.41) is 0. The van der Waals surface area contributed by atoms with E-state index in [4.69, 9.17) is 4.74 Å². The highest BCUT2D eigenvalue weighted by molar-refractivity contribution is 5.98. The molecule has 36 heavy (non-hydrogen) atoms. The van der Waals surface area contributed by atoms with Crippen molar-refractivity contribution in [2.24, 2.45) is 0 Å². The molecule has 2 atom stereocenters. The number of aryl methyl sites for hydroxylation is 1. The van der Waals surface area contributed by atoms with E-state index >= 15 is 0 Å². The van der Waals surface area contributed by atoms with Crippen molar-refractivity contribution in [2.45, 2.75) is 70.4 Å². The van der Waals surface area contributed by atoms with Crippen LogP contribution < -0.4 is 4.74 Å². The fourth-order valence-corrected chi connectivity index (χ4v) is 5.63. The summed E-state index contributed by atoms with van der Waals surface area (Å²) in [6.07, 6.45) is 7.68. The smallest absolute Gasteiger partial charge is 0.257 e. The first-order valence-electron chi connectivity index (χ1n) is 13.3. The molecule has 0 bridgehead atoms. The minimum absolute atomic E-state index is 0.00824. The molecule has 7 nitrogen and oxygen atoms in total. The first-order chi connectivity index (χ1) is 17.5. The SMILES string of the molecule is Cc1nc2ccc(C(=O)N3CCCCCCN(C)C(=O)c4ccccc4O[C@H]4CCCC[C@H]43)cc2[nH]1. The molecule has 1 fully saturated rings. The van der Waals surface area contributed by atoms with Crippen molar-refractivity contribution in [1.82, 2.24) is 19.8 Å². The van der Waals surface area contributed by atoms with Crippen LogP contribution in [0.2, 0.25) is 0 Å². The number of hydrogen-bond donors (Lipinski definition) is 1. The molecule has 2 aromatic carbocycles. The Morgan fingerprint density at radius 3 is 2.64 bits per heavy atom. The summed E-state index contributed by atoms with van der Waals surface area (Å²) in [7, 11) is 1.87. The largest absolute Gasteiger partial charge is 0.487 e. The number of carbonyl (C=O) groups is 2. The zero-order chi connectivity index (χ0) is 25.1. The number of amides is 2. The molecule has 1 N–H and O–H groups in total. The van der Waals surface area contributed by atoms with Gasteiger partial charge in [0, 0.05) is 25.7 Å². The highest BCUT2D eigenvalue weighted by Crippen LogP contribution is 2.31. The zero-order valence-corrected chi connectivity index (χ0v) is 21.3. The van der Waals surface area contributed by atoms with E-state index in [0.29, 0.717) is 30.0 Å². The zero-order valence-electron chi connectivity index (χ0n) is 21.3. The quantitative estimate of drug-likeness (QED) is 0.501. The predicted octanol–water partition coefficient (Wildman–Crippen LogP) is 5.35. The maximum atomic E-state index is 14.0. The molecule has 2 aliphatic rings. The molecule has 3 aromatic rings. The Bertz CT molecular complexity index is 1240. The Labute approximate surface area is 212 Å². The van der Waals surface area contributed by atoms with Gasteiger partial charge in [0.05, 0.1) is 22.6 Å². The molecule has 1 aliphatic carbocycles. The third-order valence-corrected chi connectivity index (χ3v) is 7.56. The van der Waals surface area contributed by atoms with Crippen LogP contribution in [-0.2, 0) is 0 Å². The van der Waals surface area contributed by atoms with Crippen molar-refractivity contribution in [3.05, 3.63) is 59.4 Å².